The minimum Gasteiger partial charge on any atom is -0.305 e. The highest BCUT2D eigenvalue weighted by molar-refractivity contribution is 8.14. The summed E-state index contributed by atoms with van der Waals surface area (Å²) in [4.78, 5) is 34.9. The molecule has 0 spiro atoms. The minimum absolute atomic E-state index is 0.0785. The number of benzene rings is 1. The molecular weight excluding hydrogens is 304 g/mol. The smallest absolute Gasteiger partial charge is 0.293 e. The molecule has 1 unspecified atom stereocenters. The highest BCUT2D eigenvalue weighted by atomic mass is 35.5. The van der Waals surface area contributed by atoms with Gasteiger partial charge in [0, 0.05) is 36.2 Å². The summed E-state index contributed by atoms with van der Waals surface area (Å²) in [6.45, 7) is 1.70. The zero-order chi connectivity index (χ0) is 14.9. The van der Waals surface area contributed by atoms with Crippen LogP contribution in [0.4, 0.5) is 11.4 Å². The molecule has 0 N–H and O–H groups in total. The van der Waals surface area contributed by atoms with E-state index in [-0.39, 0.29) is 40.6 Å². The molecule has 0 saturated carbocycles. The predicted octanol–water partition coefficient (Wildman–Crippen LogP) is 2.63. The molecule has 1 aliphatic rings. The van der Waals surface area contributed by atoms with Crippen LogP contribution in [-0.2, 0) is 9.59 Å². The third kappa shape index (κ3) is 3.10. The number of carbonyl (C=O) groups excluding carboxylic acids is 2. The first-order valence-corrected chi connectivity index (χ1v) is 7.05. The zero-order valence-electron chi connectivity index (χ0n) is 10.5. The van der Waals surface area contributed by atoms with Crippen LogP contribution in [0.2, 0.25) is 5.02 Å². The number of rotatable bonds is 3. The fourth-order valence-corrected chi connectivity index (χ4v) is 3.17. The van der Waals surface area contributed by atoms with Gasteiger partial charge in [-0.1, -0.05) is 23.4 Å². The molecule has 2 rings (SSSR count). The van der Waals surface area contributed by atoms with Crippen LogP contribution in [0.15, 0.2) is 18.2 Å². The number of nitrogens with zero attached hydrogens (tertiary/aromatic N) is 2. The van der Waals surface area contributed by atoms with Crippen LogP contribution in [0.5, 0.6) is 0 Å². The Bertz CT molecular complexity index is 593. The van der Waals surface area contributed by atoms with E-state index in [0.717, 1.165) is 11.8 Å². The van der Waals surface area contributed by atoms with E-state index in [1.165, 1.54) is 30.0 Å². The first kappa shape index (κ1) is 14.8. The van der Waals surface area contributed by atoms with E-state index >= 15 is 0 Å². The van der Waals surface area contributed by atoms with Crippen LogP contribution >= 0.6 is 23.4 Å². The topological polar surface area (TPSA) is 80.5 Å². The number of carbonyl (C=O) groups is 2. The lowest BCUT2D eigenvalue weighted by molar-refractivity contribution is -0.384. The molecule has 1 saturated heterocycles. The predicted molar refractivity (Wildman–Crippen MR) is 77.1 cm³/mol. The molecule has 0 aliphatic carbocycles. The lowest BCUT2D eigenvalue weighted by Gasteiger charge is -2.16. The molecule has 1 aromatic rings. The largest absolute Gasteiger partial charge is 0.305 e. The number of nitro groups is 1. The van der Waals surface area contributed by atoms with Crippen LogP contribution < -0.4 is 4.90 Å². The Morgan fingerprint density at radius 3 is 2.85 bits per heavy atom. The lowest BCUT2D eigenvalue weighted by atomic mass is 10.2. The number of nitro benzene ring substituents is 1. The van der Waals surface area contributed by atoms with Gasteiger partial charge in [0.15, 0.2) is 5.12 Å². The first-order valence-electron chi connectivity index (χ1n) is 5.80. The number of thioether (sulfide) groups is 1. The summed E-state index contributed by atoms with van der Waals surface area (Å²) < 4.78 is 0. The van der Waals surface area contributed by atoms with Gasteiger partial charge >= 0.3 is 0 Å². The van der Waals surface area contributed by atoms with Crippen molar-refractivity contribution in [3.8, 4) is 0 Å². The Balaban J connectivity index is 2.32. The van der Waals surface area contributed by atoms with Crippen molar-refractivity contribution in [2.45, 2.75) is 18.6 Å². The van der Waals surface area contributed by atoms with Crippen LogP contribution in [0.1, 0.15) is 13.3 Å². The number of anilines is 1. The number of hydrogen-bond acceptors (Lipinski definition) is 5. The zero-order valence-corrected chi connectivity index (χ0v) is 12.1. The van der Waals surface area contributed by atoms with E-state index in [0.29, 0.717) is 5.02 Å². The second kappa shape index (κ2) is 5.80. The highest BCUT2D eigenvalue weighted by Crippen LogP contribution is 2.36. The molecule has 0 bridgehead atoms. The van der Waals surface area contributed by atoms with E-state index < -0.39 is 4.92 Å². The monoisotopic (exact) mass is 314 g/mol. The maximum Gasteiger partial charge on any atom is 0.293 e. The summed E-state index contributed by atoms with van der Waals surface area (Å²) in [6.07, 6.45) is 0.188. The van der Waals surface area contributed by atoms with Gasteiger partial charge in [0.25, 0.3) is 5.69 Å². The van der Waals surface area contributed by atoms with Gasteiger partial charge in [-0.25, -0.2) is 0 Å². The normalized spacial score (nSPS) is 18.4. The maximum atomic E-state index is 12.0. The van der Waals surface area contributed by atoms with E-state index in [1.807, 2.05) is 0 Å². The van der Waals surface area contributed by atoms with Crippen LogP contribution in [0.25, 0.3) is 0 Å². The van der Waals surface area contributed by atoms with Gasteiger partial charge in [0.1, 0.15) is 5.69 Å². The Labute approximate surface area is 124 Å². The van der Waals surface area contributed by atoms with Crippen molar-refractivity contribution in [1.82, 2.24) is 0 Å². The molecule has 1 aliphatic heterocycles. The molecule has 1 atom stereocenters. The second-order valence-corrected chi connectivity index (χ2v) is 6.24. The van der Waals surface area contributed by atoms with Crippen LogP contribution in [-0.4, -0.2) is 27.7 Å². The summed E-state index contributed by atoms with van der Waals surface area (Å²) in [6, 6.07) is 4.08. The van der Waals surface area contributed by atoms with Crippen molar-refractivity contribution in [3.63, 3.8) is 0 Å². The summed E-state index contributed by atoms with van der Waals surface area (Å²) in [5.41, 5.74) is 0.00961. The highest BCUT2D eigenvalue weighted by Gasteiger charge is 2.35. The fraction of sp³-hybridized carbons (Fsp3) is 0.333. The van der Waals surface area contributed by atoms with Gasteiger partial charge in [-0.2, -0.15) is 0 Å². The van der Waals surface area contributed by atoms with Crippen molar-refractivity contribution < 1.29 is 14.5 Å². The van der Waals surface area contributed by atoms with Crippen molar-refractivity contribution in [2.75, 3.05) is 11.4 Å². The Kier molecular flexibility index (Phi) is 4.29. The molecule has 0 aromatic heterocycles. The van der Waals surface area contributed by atoms with E-state index in [2.05, 4.69) is 0 Å². The lowest BCUT2D eigenvalue weighted by Crippen LogP contribution is -2.25. The molecule has 1 aromatic carbocycles. The van der Waals surface area contributed by atoms with E-state index in [4.69, 9.17) is 11.6 Å². The molecule has 6 nitrogen and oxygen atoms in total. The van der Waals surface area contributed by atoms with Crippen LogP contribution in [0, 0.1) is 10.1 Å². The Hall–Kier alpha value is -1.60. The van der Waals surface area contributed by atoms with E-state index in [1.54, 1.807) is 0 Å². The maximum absolute atomic E-state index is 12.0. The molecule has 8 heteroatoms. The van der Waals surface area contributed by atoms with Gasteiger partial charge < -0.3 is 4.90 Å². The summed E-state index contributed by atoms with van der Waals surface area (Å²) in [5.74, 6) is -0.242. The van der Waals surface area contributed by atoms with Crippen molar-refractivity contribution in [3.05, 3.63) is 33.3 Å². The van der Waals surface area contributed by atoms with Gasteiger partial charge in [-0.3, -0.25) is 19.7 Å². The van der Waals surface area contributed by atoms with Gasteiger partial charge in [-0.15, -0.1) is 0 Å². The van der Waals surface area contributed by atoms with Crippen molar-refractivity contribution in [1.29, 1.82) is 0 Å². The van der Waals surface area contributed by atoms with Crippen molar-refractivity contribution >= 4 is 45.8 Å². The average Bonchev–Trinajstić information content (AvgIpc) is 2.68. The molecule has 1 heterocycles. The van der Waals surface area contributed by atoms with Crippen LogP contribution in [0.3, 0.4) is 0 Å². The van der Waals surface area contributed by atoms with Crippen molar-refractivity contribution in [2.24, 2.45) is 0 Å². The molecular formula is C12H11ClN2O4S. The molecule has 1 amide bonds. The van der Waals surface area contributed by atoms with Gasteiger partial charge in [0.05, 0.1) is 4.92 Å². The summed E-state index contributed by atoms with van der Waals surface area (Å²) >= 11 is 6.93. The quantitative estimate of drug-likeness (QED) is 0.633. The Morgan fingerprint density at radius 1 is 1.55 bits per heavy atom. The molecule has 0 radical (unpaired) electrons. The average molecular weight is 315 g/mol. The SMILES string of the molecule is CC(=O)SC1CC(=O)N(c2cc(Cl)ccc2[N+](=O)[O-])C1. The summed E-state index contributed by atoms with van der Waals surface area (Å²) in [7, 11) is 0. The van der Waals surface area contributed by atoms with E-state index in [9.17, 15) is 19.7 Å². The first-order chi connectivity index (χ1) is 9.38. The second-order valence-electron chi connectivity index (χ2n) is 4.33. The molecule has 20 heavy (non-hydrogen) atoms. The number of halogens is 1. The van der Waals surface area contributed by atoms with Gasteiger partial charge in [0.2, 0.25) is 5.91 Å². The molecule has 1 fully saturated rings. The standard InChI is InChI=1S/C12H11ClN2O4S/c1-7(16)20-9-5-12(17)14(6-9)11-4-8(13)2-3-10(11)15(18)19/h2-4,9H,5-6H2,1H3. The third-order valence-corrected chi connectivity index (χ3v) is 4.06. The minimum atomic E-state index is -0.551. The Morgan fingerprint density at radius 2 is 2.25 bits per heavy atom. The number of amides is 1. The number of hydrogen-bond donors (Lipinski definition) is 0. The fourth-order valence-electron chi connectivity index (χ4n) is 2.09. The summed E-state index contributed by atoms with van der Waals surface area (Å²) in [5, 5.41) is 11.1. The molecule has 106 valence electrons. The third-order valence-electron chi connectivity index (χ3n) is 2.85. The van der Waals surface area contributed by atoms with Gasteiger partial charge in [-0.05, 0) is 12.1 Å².